The number of halogens is 2. The van der Waals surface area contributed by atoms with E-state index in [9.17, 15) is 23.7 Å². The first kappa shape index (κ1) is 18.0. The third kappa shape index (κ3) is 4.23. The van der Waals surface area contributed by atoms with Gasteiger partial charge in [0.15, 0.2) is 17.4 Å². The molecule has 7 nitrogen and oxygen atoms in total. The third-order valence-corrected chi connectivity index (χ3v) is 4.31. The molecule has 0 radical (unpaired) electrons. The number of hydrogen-bond donors (Lipinski definition) is 1. The van der Waals surface area contributed by atoms with Gasteiger partial charge < -0.3 is 9.73 Å². The van der Waals surface area contributed by atoms with Crippen molar-refractivity contribution in [1.29, 1.82) is 0 Å². The van der Waals surface area contributed by atoms with Crippen LogP contribution < -0.4 is 5.32 Å². The number of carbonyl (C=O) groups is 1. The number of likely N-dealkylation sites (tertiary alicyclic amines) is 1. The zero-order chi connectivity index (χ0) is 18.7. The Labute approximate surface area is 147 Å². The van der Waals surface area contributed by atoms with Gasteiger partial charge in [0.25, 0.3) is 5.91 Å². The Morgan fingerprint density at radius 2 is 1.96 bits per heavy atom. The Hall–Kier alpha value is -2.81. The van der Waals surface area contributed by atoms with Gasteiger partial charge in [-0.3, -0.25) is 19.8 Å². The molecule has 0 bridgehead atoms. The lowest BCUT2D eigenvalue weighted by atomic mass is 10.0. The summed E-state index contributed by atoms with van der Waals surface area (Å²) in [4.78, 5) is 24.0. The normalized spacial score (nSPS) is 15.8. The number of benzene rings is 1. The summed E-state index contributed by atoms with van der Waals surface area (Å²) in [6.45, 7) is 1.87. The quantitative estimate of drug-likeness (QED) is 0.650. The summed E-state index contributed by atoms with van der Waals surface area (Å²) in [6, 6.07) is 6.18. The van der Waals surface area contributed by atoms with Crippen molar-refractivity contribution < 1.29 is 22.9 Å². The van der Waals surface area contributed by atoms with Crippen molar-refractivity contribution in [3.8, 4) is 0 Å². The minimum Gasteiger partial charge on any atom is -0.395 e. The highest BCUT2D eigenvalue weighted by Crippen LogP contribution is 2.18. The van der Waals surface area contributed by atoms with Crippen LogP contribution in [0.15, 0.2) is 34.7 Å². The van der Waals surface area contributed by atoms with E-state index in [2.05, 4.69) is 10.2 Å². The Morgan fingerprint density at radius 1 is 1.23 bits per heavy atom. The van der Waals surface area contributed by atoms with E-state index in [-0.39, 0.29) is 11.8 Å². The van der Waals surface area contributed by atoms with Crippen molar-refractivity contribution in [3.63, 3.8) is 0 Å². The number of hydrogen-bond acceptors (Lipinski definition) is 5. The second-order valence-electron chi connectivity index (χ2n) is 6.17. The number of piperidine rings is 1. The maximum absolute atomic E-state index is 13.3. The Morgan fingerprint density at radius 3 is 2.58 bits per heavy atom. The van der Waals surface area contributed by atoms with Gasteiger partial charge in [-0.2, -0.15) is 0 Å². The molecule has 1 aliphatic rings. The zero-order valence-corrected chi connectivity index (χ0v) is 13.8. The van der Waals surface area contributed by atoms with Crippen LogP contribution in [-0.4, -0.2) is 34.9 Å². The number of nitro groups is 1. The summed E-state index contributed by atoms with van der Waals surface area (Å²) < 4.78 is 31.1. The molecule has 2 heterocycles. The van der Waals surface area contributed by atoms with E-state index in [0.717, 1.165) is 12.1 Å². The molecule has 0 saturated carbocycles. The fourth-order valence-electron chi connectivity index (χ4n) is 2.94. The van der Waals surface area contributed by atoms with Gasteiger partial charge in [-0.1, -0.05) is 6.07 Å². The smallest absolute Gasteiger partial charge is 0.395 e. The van der Waals surface area contributed by atoms with Gasteiger partial charge in [0, 0.05) is 25.7 Å². The molecule has 138 valence electrons. The highest BCUT2D eigenvalue weighted by atomic mass is 19.2. The average molecular weight is 365 g/mol. The van der Waals surface area contributed by atoms with Gasteiger partial charge in [-0.25, -0.2) is 8.78 Å². The van der Waals surface area contributed by atoms with E-state index in [0.29, 0.717) is 38.0 Å². The highest BCUT2D eigenvalue weighted by molar-refractivity contribution is 5.91. The van der Waals surface area contributed by atoms with Crippen LogP contribution in [0.2, 0.25) is 0 Å². The van der Waals surface area contributed by atoms with Crippen LogP contribution in [0.1, 0.15) is 29.0 Å². The van der Waals surface area contributed by atoms with Crippen LogP contribution in [0.25, 0.3) is 0 Å². The summed E-state index contributed by atoms with van der Waals surface area (Å²) in [5, 5.41) is 13.4. The summed E-state index contributed by atoms with van der Waals surface area (Å²) in [5.74, 6) is -2.79. The second-order valence-corrected chi connectivity index (χ2v) is 6.17. The Bertz CT molecular complexity index is 816. The summed E-state index contributed by atoms with van der Waals surface area (Å²) >= 11 is 0. The van der Waals surface area contributed by atoms with Crippen molar-refractivity contribution in [2.45, 2.75) is 25.4 Å². The van der Waals surface area contributed by atoms with E-state index < -0.39 is 28.3 Å². The summed E-state index contributed by atoms with van der Waals surface area (Å²) in [6.07, 6.45) is 1.36. The van der Waals surface area contributed by atoms with Crippen molar-refractivity contribution in [3.05, 3.63) is 63.4 Å². The maximum atomic E-state index is 13.3. The van der Waals surface area contributed by atoms with Crippen molar-refractivity contribution in [2.75, 3.05) is 13.1 Å². The highest BCUT2D eigenvalue weighted by Gasteiger charge is 2.24. The van der Waals surface area contributed by atoms with Crippen LogP contribution in [0.5, 0.6) is 0 Å². The van der Waals surface area contributed by atoms with Crippen LogP contribution in [-0.2, 0) is 6.54 Å². The Kier molecular flexibility index (Phi) is 5.27. The number of nitrogens with zero attached hydrogens (tertiary/aromatic N) is 2. The summed E-state index contributed by atoms with van der Waals surface area (Å²) in [5.41, 5.74) is 0.689. The molecule has 1 saturated heterocycles. The van der Waals surface area contributed by atoms with E-state index in [4.69, 9.17) is 4.42 Å². The lowest BCUT2D eigenvalue weighted by Gasteiger charge is -2.32. The molecule has 1 fully saturated rings. The summed E-state index contributed by atoms with van der Waals surface area (Å²) in [7, 11) is 0. The lowest BCUT2D eigenvalue weighted by molar-refractivity contribution is -0.402. The Balaban J connectivity index is 1.49. The minimum absolute atomic E-state index is 0.0761. The molecular formula is C17H17F2N3O4. The van der Waals surface area contributed by atoms with Crippen LogP contribution in [0, 0.1) is 21.7 Å². The molecule has 3 rings (SSSR count). The monoisotopic (exact) mass is 365 g/mol. The van der Waals surface area contributed by atoms with Crippen molar-refractivity contribution in [1.82, 2.24) is 10.2 Å². The largest absolute Gasteiger partial charge is 0.433 e. The molecule has 26 heavy (non-hydrogen) atoms. The van der Waals surface area contributed by atoms with Gasteiger partial charge in [0.2, 0.25) is 0 Å². The average Bonchev–Trinajstić information content (AvgIpc) is 3.10. The fourth-order valence-corrected chi connectivity index (χ4v) is 2.94. The predicted octanol–water partition coefficient (Wildman–Crippen LogP) is 2.86. The third-order valence-electron chi connectivity index (χ3n) is 4.31. The first-order valence-corrected chi connectivity index (χ1v) is 8.14. The fraction of sp³-hybridized carbons (Fsp3) is 0.353. The topological polar surface area (TPSA) is 88.6 Å². The maximum Gasteiger partial charge on any atom is 0.433 e. The minimum atomic E-state index is -0.867. The lowest BCUT2D eigenvalue weighted by Crippen LogP contribution is -2.44. The SMILES string of the molecule is O=C(NC1CCN(Cc2ccc(F)c(F)c2)CC1)c1ccc([N+](=O)[O-])o1. The first-order chi connectivity index (χ1) is 12.4. The zero-order valence-electron chi connectivity index (χ0n) is 13.8. The molecule has 1 aromatic carbocycles. The molecule has 1 N–H and O–H groups in total. The van der Waals surface area contributed by atoms with Gasteiger partial charge in [-0.15, -0.1) is 0 Å². The van der Waals surface area contributed by atoms with Crippen LogP contribution in [0.4, 0.5) is 14.7 Å². The van der Waals surface area contributed by atoms with Gasteiger partial charge in [-0.05, 0) is 36.6 Å². The predicted molar refractivity (Wildman–Crippen MR) is 87.5 cm³/mol. The van der Waals surface area contributed by atoms with Gasteiger partial charge >= 0.3 is 5.88 Å². The molecule has 9 heteroatoms. The first-order valence-electron chi connectivity index (χ1n) is 8.14. The number of amides is 1. The van der Waals surface area contributed by atoms with Crippen molar-refractivity contribution >= 4 is 11.8 Å². The van der Waals surface area contributed by atoms with Crippen LogP contribution in [0.3, 0.4) is 0 Å². The molecular weight excluding hydrogens is 348 g/mol. The molecule has 0 aliphatic carbocycles. The molecule has 0 atom stereocenters. The number of nitrogens with one attached hydrogen (secondary N) is 1. The van der Waals surface area contributed by atoms with E-state index >= 15 is 0 Å². The number of furan rings is 1. The van der Waals surface area contributed by atoms with Gasteiger partial charge in [0.1, 0.15) is 4.92 Å². The molecule has 1 aliphatic heterocycles. The number of rotatable bonds is 5. The standard InChI is InChI=1S/C17H17F2N3O4/c18-13-2-1-11(9-14(13)19)10-21-7-5-12(6-8-21)20-17(23)15-3-4-16(26-15)22(24)25/h1-4,9,12H,5-8,10H2,(H,20,23). The van der Waals surface area contributed by atoms with E-state index in [1.165, 1.54) is 12.1 Å². The molecule has 1 aromatic heterocycles. The molecule has 1 amide bonds. The van der Waals surface area contributed by atoms with E-state index in [1.54, 1.807) is 6.07 Å². The molecule has 0 unspecified atom stereocenters. The van der Waals surface area contributed by atoms with E-state index in [1.807, 2.05) is 0 Å². The molecule has 2 aromatic rings. The number of carbonyl (C=O) groups excluding carboxylic acids is 1. The van der Waals surface area contributed by atoms with Gasteiger partial charge in [0.05, 0.1) is 6.07 Å². The van der Waals surface area contributed by atoms with Crippen LogP contribution >= 0.6 is 0 Å². The second kappa shape index (κ2) is 7.61. The molecule has 0 spiro atoms. The van der Waals surface area contributed by atoms with Crippen molar-refractivity contribution in [2.24, 2.45) is 0 Å².